The van der Waals surface area contributed by atoms with Gasteiger partial charge in [-0.05, 0) is 62.5 Å². The van der Waals surface area contributed by atoms with Gasteiger partial charge in [0.1, 0.15) is 0 Å². The summed E-state index contributed by atoms with van der Waals surface area (Å²) in [7, 11) is 0. The monoisotopic (exact) mass is 550 g/mol. The van der Waals surface area contributed by atoms with Gasteiger partial charge in [0.25, 0.3) is 0 Å². The lowest BCUT2D eigenvalue weighted by atomic mass is 9.94. The molecule has 2 nitrogen and oxygen atoms in total. The normalized spacial score (nSPS) is 11.7. The van der Waals surface area contributed by atoms with Gasteiger partial charge in [0.05, 0.1) is 11.4 Å². The van der Waals surface area contributed by atoms with Gasteiger partial charge < -0.3 is 0 Å². The van der Waals surface area contributed by atoms with Crippen molar-refractivity contribution in [2.45, 2.75) is 6.92 Å². The van der Waals surface area contributed by atoms with Gasteiger partial charge >= 0.3 is 0 Å². The third-order valence-corrected chi connectivity index (χ3v) is 7.95. The standard InChI is InChI=1S/C41H30N2/c1-3-4-5-13-28(2)29-22-24-31(25-23-29)41-42-39(37-21-12-16-30-14-6-8-17-33(30)37)27-40(43-41)38-26-32-15-7-9-18-34(32)35-19-10-11-20-36(35)38/h3-27H,2H2,1H3/b4-3-,13-5-. The number of benzene rings is 6. The maximum absolute atomic E-state index is 5.21. The largest absolute Gasteiger partial charge is 0.228 e. The minimum Gasteiger partial charge on any atom is -0.228 e. The zero-order valence-corrected chi connectivity index (χ0v) is 24.0. The molecular weight excluding hydrogens is 520 g/mol. The molecule has 7 aromatic rings. The van der Waals surface area contributed by atoms with Gasteiger partial charge in [-0.15, -0.1) is 0 Å². The first-order valence-corrected chi connectivity index (χ1v) is 14.6. The highest BCUT2D eigenvalue weighted by molar-refractivity contribution is 6.13. The molecule has 0 aliphatic heterocycles. The molecule has 0 unspecified atom stereocenters. The van der Waals surface area contributed by atoms with Gasteiger partial charge in [0.2, 0.25) is 0 Å². The molecule has 0 aliphatic carbocycles. The predicted molar refractivity (Wildman–Crippen MR) is 184 cm³/mol. The average Bonchev–Trinajstić information content (AvgIpc) is 3.07. The first-order chi connectivity index (χ1) is 21.2. The van der Waals surface area contributed by atoms with Gasteiger partial charge in [0, 0.05) is 16.7 Å². The van der Waals surface area contributed by atoms with Crippen molar-refractivity contribution >= 4 is 37.9 Å². The number of hydrogen-bond acceptors (Lipinski definition) is 2. The third kappa shape index (κ3) is 5.05. The van der Waals surface area contributed by atoms with E-state index in [1.807, 2.05) is 31.2 Å². The van der Waals surface area contributed by atoms with Crippen LogP contribution in [0.3, 0.4) is 0 Å². The molecule has 0 aliphatic rings. The van der Waals surface area contributed by atoms with Crippen LogP contribution in [0, 0.1) is 0 Å². The molecule has 0 saturated carbocycles. The van der Waals surface area contributed by atoms with E-state index in [1.165, 1.54) is 32.3 Å². The van der Waals surface area contributed by atoms with Crippen LogP contribution in [0.25, 0.3) is 71.8 Å². The van der Waals surface area contributed by atoms with Crippen molar-refractivity contribution in [1.82, 2.24) is 9.97 Å². The van der Waals surface area contributed by atoms with E-state index in [0.29, 0.717) is 5.82 Å². The van der Waals surface area contributed by atoms with E-state index in [2.05, 4.69) is 134 Å². The Morgan fingerprint density at radius 1 is 0.558 bits per heavy atom. The van der Waals surface area contributed by atoms with E-state index >= 15 is 0 Å². The number of hydrogen-bond donors (Lipinski definition) is 0. The van der Waals surface area contributed by atoms with E-state index in [-0.39, 0.29) is 0 Å². The topological polar surface area (TPSA) is 25.8 Å². The van der Waals surface area contributed by atoms with Crippen LogP contribution in [0.15, 0.2) is 158 Å². The Kier molecular flexibility index (Phi) is 6.94. The highest BCUT2D eigenvalue weighted by Gasteiger charge is 2.15. The molecule has 0 spiro atoms. The lowest BCUT2D eigenvalue weighted by Crippen LogP contribution is -1.97. The van der Waals surface area contributed by atoms with E-state index in [9.17, 15) is 0 Å². The molecule has 204 valence electrons. The van der Waals surface area contributed by atoms with Crippen LogP contribution in [0.4, 0.5) is 0 Å². The second-order valence-corrected chi connectivity index (χ2v) is 10.7. The van der Waals surface area contributed by atoms with Gasteiger partial charge in [-0.1, -0.05) is 146 Å². The van der Waals surface area contributed by atoms with E-state index in [4.69, 9.17) is 9.97 Å². The number of nitrogens with zero attached hydrogens (tertiary/aromatic N) is 2. The minimum atomic E-state index is 0.694. The first-order valence-electron chi connectivity index (χ1n) is 14.6. The maximum Gasteiger partial charge on any atom is 0.160 e. The molecule has 0 bridgehead atoms. The van der Waals surface area contributed by atoms with Crippen molar-refractivity contribution < 1.29 is 0 Å². The highest BCUT2D eigenvalue weighted by Crippen LogP contribution is 2.37. The van der Waals surface area contributed by atoms with Gasteiger partial charge in [0.15, 0.2) is 5.82 Å². The van der Waals surface area contributed by atoms with E-state index in [0.717, 1.165) is 39.2 Å². The fraction of sp³-hybridized carbons (Fsp3) is 0.0244. The Labute approximate surface area is 252 Å². The summed E-state index contributed by atoms with van der Waals surface area (Å²) in [4.78, 5) is 10.4. The smallest absolute Gasteiger partial charge is 0.160 e. The number of aromatic nitrogens is 2. The highest BCUT2D eigenvalue weighted by atomic mass is 14.9. The summed E-state index contributed by atoms with van der Waals surface area (Å²) in [6.07, 6.45) is 8.04. The Morgan fingerprint density at radius 3 is 1.95 bits per heavy atom. The molecule has 6 aromatic carbocycles. The summed E-state index contributed by atoms with van der Waals surface area (Å²) in [6.45, 7) is 6.24. The zero-order chi connectivity index (χ0) is 29.2. The molecule has 0 fully saturated rings. The van der Waals surface area contributed by atoms with Crippen LogP contribution >= 0.6 is 0 Å². The Balaban J connectivity index is 1.45. The number of fused-ring (bicyclic) bond motifs is 4. The van der Waals surface area contributed by atoms with Crippen LogP contribution in [-0.2, 0) is 0 Å². The molecular formula is C41H30N2. The summed E-state index contributed by atoms with van der Waals surface area (Å²) in [5.74, 6) is 0.694. The first kappa shape index (κ1) is 26.3. The lowest BCUT2D eigenvalue weighted by molar-refractivity contribution is 1.19. The minimum absolute atomic E-state index is 0.694. The molecule has 7 rings (SSSR count). The summed E-state index contributed by atoms with van der Waals surface area (Å²) >= 11 is 0. The molecule has 0 radical (unpaired) electrons. The molecule has 1 aromatic heterocycles. The van der Waals surface area contributed by atoms with Crippen LogP contribution < -0.4 is 0 Å². The van der Waals surface area contributed by atoms with Crippen molar-refractivity contribution in [3.05, 3.63) is 164 Å². The second kappa shape index (κ2) is 11.3. The number of rotatable bonds is 6. The molecule has 0 amide bonds. The quantitative estimate of drug-likeness (QED) is 0.152. The maximum atomic E-state index is 5.21. The molecule has 0 saturated heterocycles. The Bertz CT molecular complexity index is 2200. The van der Waals surface area contributed by atoms with Crippen molar-refractivity contribution in [2.24, 2.45) is 0 Å². The average molecular weight is 551 g/mol. The SMILES string of the molecule is C=C(/C=C\C=C/C)c1ccc(-c2nc(-c3cccc4ccccc34)cc(-c3cc4ccccc4c4ccccc34)n2)cc1. The van der Waals surface area contributed by atoms with Gasteiger partial charge in [-0.3, -0.25) is 0 Å². The molecule has 2 heteroatoms. The predicted octanol–water partition coefficient (Wildman–Crippen LogP) is 11.1. The molecule has 0 atom stereocenters. The van der Waals surface area contributed by atoms with Gasteiger partial charge in [-0.2, -0.15) is 0 Å². The van der Waals surface area contributed by atoms with Crippen LogP contribution in [-0.4, -0.2) is 9.97 Å². The van der Waals surface area contributed by atoms with E-state index < -0.39 is 0 Å². The van der Waals surface area contributed by atoms with Crippen LogP contribution in [0.2, 0.25) is 0 Å². The lowest BCUT2D eigenvalue weighted by Gasteiger charge is -2.14. The van der Waals surface area contributed by atoms with Crippen LogP contribution in [0.1, 0.15) is 12.5 Å². The van der Waals surface area contributed by atoms with Gasteiger partial charge in [-0.25, -0.2) is 9.97 Å². The van der Waals surface area contributed by atoms with Crippen molar-refractivity contribution in [1.29, 1.82) is 0 Å². The van der Waals surface area contributed by atoms with Crippen molar-refractivity contribution in [3.63, 3.8) is 0 Å². The van der Waals surface area contributed by atoms with E-state index in [1.54, 1.807) is 0 Å². The molecule has 1 heterocycles. The van der Waals surface area contributed by atoms with Crippen LogP contribution in [0.5, 0.6) is 0 Å². The summed E-state index contributed by atoms with van der Waals surface area (Å²) in [5.41, 5.74) is 6.97. The molecule has 0 N–H and O–H groups in total. The summed E-state index contributed by atoms with van der Waals surface area (Å²) < 4.78 is 0. The zero-order valence-electron chi connectivity index (χ0n) is 24.0. The number of allylic oxidation sites excluding steroid dienone is 5. The Hall–Kier alpha value is -5.60. The van der Waals surface area contributed by atoms with Crippen molar-refractivity contribution in [3.8, 4) is 33.9 Å². The fourth-order valence-corrected chi connectivity index (χ4v) is 5.78. The second-order valence-electron chi connectivity index (χ2n) is 10.7. The third-order valence-electron chi connectivity index (χ3n) is 7.95. The van der Waals surface area contributed by atoms with Crippen molar-refractivity contribution in [2.75, 3.05) is 0 Å². The summed E-state index contributed by atoms with van der Waals surface area (Å²) in [6, 6.07) is 44.8. The fourth-order valence-electron chi connectivity index (χ4n) is 5.78. The Morgan fingerprint density at radius 2 is 1.19 bits per heavy atom. The molecule has 43 heavy (non-hydrogen) atoms. The summed E-state index contributed by atoms with van der Waals surface area (Å²) in [5, 5.41) is 7.18.